The van der Waals surface area contributed by atoms with Crippen LogP contribution in [0.2, 0.25) is 10.0 Å². The highest BCUT2D eigenvalue weighted by Crippen LogP contribution is 2.38. The van der Waals surface area contributed by atoms with Crippen LogP contribution >= 0.6 is 39.1 Å². The van der Waals surface area contributed by atoms with Crippen molar-refractivity contribution < 1.29 is 23.9 Å². The number of rotatable bonds is 7. The Morgan fingerprint density at radius 2 is 1.78 bits per heavy atom. The van der Waals surface area contributed by atoms with Gasteiger partial charge < -0.3 is 9.47 Å². The number of aryl methyl sites for hydroxylation is 1. The molecule has 1 aliphatic rings. The number of imide groups is 2. The van der Waals surface area contributed by atoms with Crippen molar-refractivity contribution in [2.45, 2.75) is 20.5 Å². The van der Waals surface area contributed by atoms with Crippen molar-refractivity contribution in [3.63, 3.8) is 0 Å². The molecule has 1 aliphatic heterocycles. The van der Waals surface area contributed by atoms with E-state index >= 15 is 0 Å². The van der Waals surface area contributed by atoms with Gasteiger partial charge in [-0.05, 0) is 77.3 Å². The van der Waals surface area contributed by atoms with Crippen LogP contribution in [-0.4, -0.2) is 24.5 Å². The van der Waals surface area contributed by atoms with E-state index in [1.165, 1.54) is 24.3 Å². The standard InChI is InChI=1S/C27H21BrCl2N2O5/c1-3-36-23-12-17(11-20(28)24(23)37-14-16-6-4-5-15(2)9-16)10-19-25(33)31-27(35)32(26(19)34)18-7-8-21(29)22(30)13-18/h4-13H,3,14H2,1-2H3,(H,31,33,35)/b19-10+. The second-order valence-corrected chi connectivity index (χ2v) is 9.77. The molecule has 1 heterocycles. The van der Waals surface area contributed by atoms with Crippen LogP contribution < -0.4 is 19.7 Å². The normalized spacial score (nSPS) is 14.7. The average Bonchev–Trinajstić information content (AvgIpc) is 2.83. The van der Waals surface area contributed by atoms with Crippen molar-refractivity contribution in [3.8, 4) is 11.5 Å². The quantitative estimate of drug-likeness (QED) is 0.240. The Balaban J connectivity index is 1.67. The van der Waals surface area contributed by atoms with Crippen molar-refractivity contribution in [2.75, 3.05) is 11.5 Å². The summed E-state index contributed by atoms with van der Waals surface area (Å²) in [4.78, 5) is 39.1. The topological polar surface area (TPSA) is 84.9 Å². The van der Waals surface area contributed by atoms with Crippen LogP contribution in [0.25, 0.3) is 6.08 Å². The largest absolute Gasteiger partial charge is 0.490 e. The zero-order valence-corrected chi connectivity index (χ0v) is 22.9. The van der Waals surface area contributed by atoms with Gasteiger partial charge in [-0.25, -0.2) is 9.69 Å². The third kappa shape index (κ3) is 5.98. The number of carbonyl (C=O) groups is 3. The highest BCUT2D eigenvalue weighted by molar-refractivity contribution is 9.10. The number of hydrogen-bond acceptors (Lipinski definition) is 5. The number of halogens is 3. The molecule has 0 radical (unpaired) electrons. The summed E-state index contributed by atoms with van der Waals surface area (Å²) in [5, 5.41) is 2.61. The summed E-state index contributed by atoms with van der Waals surface area (Å²) in [6, 6.07) is 14.7. The average molecular weight is 604 g/mol. The van der Waals surface area contributed by atoms with E-state index in [2.05, 4.69) is 21.2 Å². The Kier molecular flexibility index (Phi) is 8.22. The lowest BCUT2D eigenvalue weighted by Crippen LogP contribution is -2.54. The summed E-state index contributed by atoms with van der Waals surface area (Å²) >= 11 is 15.5. The smallest absolute Gasteiger partial charge is 0.335 e. The van der Waals surface area contributed by atoms with Crippen LogP contribution in [0.15, 0.2) is 64.6 Å². The van der Waals surface area contributed by atoms with Gasteiger partial charge in [-0.15, -0.1) is 0 Å². The van der Waals surface area contributed by atoms with E-state index in [0.29, 0.717) is 34.7 Å². The van der Waals surface area contributed by atoms with E-state index in [-0.39, 0.29) is 21.3 Å². The monoisotopic (exact) mass is 602 g/mol. The van der Waals surface area contributed by atoms with Crippen LogP contribution in [0.5, 0.6) is 11.5 Å². The van der Waals surface area contributed by atoms with E-state index in [1.807, 2.05) is 38.1 Å². The van der Waals surface area contributed by atoms with Crippen molar-refractivity contribution in [1.29, 1.82) is 0 Å². The SMILES string of the molecule is CCOc1cc(/C=C2\C(=O)NC(=O)N(c3ccc(Cl)c(Cl)c3)C2=O)cc(Br)c1OCc1cccc(C)c1. The molecular weight excluding hydrogens is 583 g/mol. The number of benzene rings is 3. The van der Waals surface area contributed by atoms with Crippen LogP contribution in [-0.2, 0) is 16.2 Å². The summed E-state index contributed by atoms with van der Waals surface area (Å²) in [5.74, 6) is -0.712. The number of anilines is 1. The molecule has 190 valence electrons. The minimum atomic E-state index is -0.887. The first-order valence-electron chi connectivity index (χ1n) is 11.2. The number of nitrogens with one attached hydrogen (secondary N) is 1. The molecule has 0 aliphatic carbocycles. The molecule has 4 rings (SSSR count). The van der Waals surface area contributed by atoms with Crippen molar-refractivity contribution in [3.05, 3.63) is 91.4 Å². The summed E-state index contributed by atoms with van der Waals surface area (Å²) in [6.07, 6.45) is 1.38. The van der Waals surface area contributed by atoms with Gasteiger partial charge >= 0.3 is 6.03 Å². The molecule has 0 saturated carbocycles. The Bertz CT molecular complexity index is 1440. The number of ether oxygens (including phenoxy) is 2. The minimum Gasteiger partial charge on any atom is -0.490 e. The lowest BCUT2D eigenvalue weighted by Gasteiger charge is -2.26. The number of carbonyl (C=O) groups excluding carboxylic acids is 3. The molecule has 3 aromatic rings. The highest BCUT2D eigenvalue weighted by Gasteiger charge is 2.37. The second kappa shape index (κ2) is 11.4. The molecule has 0 unspecified atom stereocenters. The van der Waals surface area contributed by atoms with Gasteiger partial charge in [-0.2, -0.15) is 0 Å². The number of nitrogens with zero attached hydrogens (tertiary/aromatic N) is 1. The first-order valence-corrected chi connectivity index (χ1v) is 12.7. The molecule has 3 aromatic carbocycles. The van der Waals surface area contributed by atoms with E-state index < -0.39 is 17.8 Å². The maximum atomic E-state index is 13.2. The summed E-state index contributed by atoms with van der Waals surface area (Å²) in [5.41, 5.74) is 2.54. The van der Waals surface area contributed by atoms with Gasteiger partial charge in [-0.1, -0.05) is 53.0 Å². The van der Waals surface area contributed by atoms with E-state index in [4.69, 9.17) is 32.7 Å². The molecule has 0 atom stereocenters. The van der Waals surface area contributed by atoms with Gasteiger partial charge in [0.1, 0.15) is 12.2 Å². The van der Waals surface area contributed by atoms with Crippen LogP contribution in [0, 0.1) is 6.92 Å². The first-order chi connectivity index (χ1) is 17.7. The number of hydrogen-bond donors (Lipinski definition) is 1. The third-order valence-electron chi connectivity index (χ3n) is 5.37. The molecular formula is C27H21BrCl2N2O5. The molecule has 0 bridgehead atoms. The molecule has 10 heteroatoms. The number of urea groups is 1. The number of barbiturate groups is 1. The first kappa shape index (κ1) is 26.7. The zero-order valence-electron chi connectivity index (χ0n) is 19.8. The van der Waals surface area contributed by atoms with Crippen LogP contribution in [0.3, 0.4) is 0 Å². The molecule has 0 spiro atoms. The van der Waals surface area contributed by atoms with Gasteiger partial charge in [0.25, 0.3) is 11.8 Å². The Morgan fingerprint density at radius 3 is 2.49 bits per heavy atom. The minimum absolute atomic E-state index is 0.161. The van der Waals surface area contributed by atoms with Gasteiger partial charge in [-0.3, -0.25) is 14.9 Å². The van der Waals surface area contributed by atoms with Crippen molar-refractivity contribution in [2.24, 2.45) is 0 Å². The Hall–Kier alpha value is -3.33. The molecule has 1 saturated heterocycles. The summed E-state index contributed by atoms with van der Waals surface area (Å²) < 4.78 is 12.4. The van der Waals surface area contributed by atoms with E-state index in [9.17, 15) is 14.4 Å². The summed E-state index contributed by atoms with van der Waals surface area (Å²) in [7, 11) is 0. The lowest BCUT2D eigenvalue weighted by molar-refractivity contribution is -0.122. The molecule has 0 aromatic heterocycles. The van der Waals surface area contributed by atoms with Gasteiger partial charge in [0, 0.05) is 0 Å². The molecule has 4 amide bonds. The van der Waals surface area contributed by atoms with E-state index in [0.717, 1.165) is 16.0 Å². The molecule has 1 N–H and O–H groups in total. The fraction of sp³-hybridized carbons (Fsp3) is 0.148. The Morgan fingerprint density at radius 1 is 1.00 bits per heavy atom. The Labute approximate surface area is 232 Å². The fourth-order valence-electron chi connectivity index (χ4n) is 3.71. The molecule has 37 heavy (non-hydrogen) atoms. The van der Waals surface area contributed by atoms with E-state index in [1.54, 1.807) is 12.1 Å². The van der Waals surface area contributed by atoms with Gasteiger partial charge in [0.2, 0.25) is 0 Å². The van der Waals surface area contributed by atoms with Crippen LogP contribution in [0.4, 0.5) is 10.5 Å². The summed E-state index contributed by atoms with van der Waals surface area (Å²) in [6.45, 7) is 4.53. The zero-order chi connectivity index (χ0) is 26.7. The number of amides is 4. The predicted octanol–water partition coefficient (Wildman–Crippen LogP) is 6.71. The van der Waals surface area contributed by atoms with Crippen molar-refractivity contribution in [1.82, 2.24) is 5.32 Å². The predicted molar refractivity (Wildman–Crippen MR) is 146 cm³/mol. The molecule has 1 fully saturated rings. The molecule has 7 nitrogen and oxygen atoms in total. The second-order valence-electron chi connectivity index (χ2n) is 8.10. The van der Waals surface area contributed by atoms with Crippen molar-refractivity contribution >= 4 is 68.7 Å². The fourth-order valence-corrected chi connectivity index (χ4v) is 4.58. The van der Waals surface area contributed by atoms with Gasteiger partial charge in [0.15, 0.2) is 11.5 Å². The maximum absolute atomic E-state index is 13.2. The highest BCUT2D eigenvalue weighted by atomic mass is 79.9. The lowest BCUT2D eigenvalue weighted by atomic mass is 10.1. The maximum Gasteiger partial charge on any atom is 0.335 e. The third-order valence-corrected chi connectivity index (χ3v) is 6.70. The van der Waals surface area contributed by atoms with Gasteiger partial charge in [0.05, 0.1) is 26.8 Å². The van der Waals surface area contributed by atoms with Crippen LogP contribution in [0.1, 0.15) is 23.6 Å².